The Morgan fingerprint density at radius 2 is 1.81 bits per heavy atom. The van der Waals surface area contributed by atoms with E-state index < -0.39 is 0 Å². The topological polar surface area (TPSA) is 45.7 Å². The number of pyridine rings is 1. The predicted molar refractivity (Wildman–Crippen MR) is 124 cm³/mol. The number of rotatable bonds is 10. The largest absolute Gasteiger partial charge is 0.489 e. The van der Waals surface area contributed by atoms with E-state index in [1.165, 1.54) is 12.1 Å². The molecule has 1 aromatic heterocycles. The van der Waals surface area contributed by atoms with E-state index in [9.17, 15) is 9.18 Å². The minimum atomic E-state index is -0.305. The zero-order chi connectivity index (χ0) is 22.8. The molecule has 2 aromatic carbocycles. The van der Waals surface area contributed by atoms with Gasteiger partial charge in [-0.05, 0) is 50.0 Å². The van der Waals surface area contributed by atoms with Crippen molar-refractivity contribution in [1.29, 1.82) is 0 Å². The molecule has 0 fully saturated rings. The highest BCUT2D eigenvalue weighted by Gasteiger charge is 2.14. The van der Waals surface area contributed by atoms with E-state index in [4.69, 9.17) is 4.74 Å². The molecule has 3 rings (SSSR count). The van der Waals surface area contributed by atoms with E-state index in [2.05, 4.69) is 4.98 Å². The number of amides is 1. The Bertz CT molecular complexity index is 1020. The molecule has 0 aliphatic rings. The molecular weight excluding hydrogens is 405 g/mol. The lowest BCUT2D eigenvalue weighted by Crippen LogP contribution is -2.35. The van der Waals surface area contributed by atoms with Gasteiger partial charge in [0.25, 0.3) is 0 Å². The first-order valence-electron chi connectivity index (χ1n) is 10.5. The number of hydrogen-bond donors (Lipinski definition) is 0. The highest BCUT2D eigenvalue weighted by atomic mass is 19.1. The molecule has 0 saturated carbocycles. The number of ether oxygens (including phenoxy) is 1. The highest BCUT2D eigenvalue weighted by Crippen LogP contribution is 2.16. The molecule has 5 nitrogen and oxygen atoms in total. The fraction of sp³-hybridized carbons (Fsp3) is 0.231. The summed E-state index contributed by atoms with van der Waals surface area (Å²) in [5, 5.41) is 0. The second-order valence-corrected chi connectivity index (χ2v) is 7.71. The molecule has 0 N–H and O–H groups in total. The summed E-state index contributed by atoms with van der Waals surface area (Å²) in [5.41, 5.74) is 2.38. The summed E-state index contributed by atoms with van der Waals surface area (Å²) in [5.74, 6) is 0.275. The normalized spacial score (nSPS) is 11.1. The Hall–Kier alpha value is -3.51. The van der Waals surface area contributed by atoms with Crippen LogP contribution in [0.5, 0.6) is 5.75 Å². The summed E-state index contributed by atoms with van der Waals surface area (Å²) < 4.78 is 19.9. The number of benzene rings is 2. The minimum Gasteiger partial charge on any atom is -0.489 e. The molecule has 3 aromatic rings. The summed E-state index contributed by atoms with van der Waals surface area (Å²) >= 11 is 0. The van der Waals surface area contributed by atoms with Crippen molar-refractivity contribution in [3.8, 4) is 5.75 Å². The number of aromatic nitrogens is 1. The molecule has 0 aliphatic heterocycles. The first-order valence-corrected chi connectivity index (χ1v) is 10.5. The maximum atomic E-state index is 14.1. The van der Waals surface area contributed by atoms with Crippen molar-refractivity contribution in [2.75, 3.05) is 27.2 Å². The predicted octanol–water partition coefficient (Wildman–Crippen LogP) is 4.40. The molecular formula is C26H28FN3O2. The van der Waals surface area contributed by atoms with Crippen molar-refractivity contribution in [2.24, 2.45) is 0 Å². The molecule has 32 heavy (non-hydrogen) atoms. The van der Waals surface area contributed by atoms with E-state index in [1.807, 2.05) is 55.4 Å². The lowest BCUT2D eigenvalue weighted by Gasteiger charge is -2.23. The molecule has 0 spiro atoms. The van der Waals surface area contributed by atoms with Gasteiger partial charge in [-0.1, -0.05) is 36.4 Å². The number of carbonyl (C=O) groups excluding carboxylic acids is 1. The van der Waals surface area contributed by atoms with Crippen molar-refractivity contribution in [1.82, 2.24) is 14.8 Å². The summed E-state index contributed by atoms with van der Waals surface area (Å²) in [6.45, 7) is 1.87. The Morgan fingerprint density at radius 3 is 2.50 bits per heavy atom. The molecule has 0 aliphatic carbocycles. The van der Waals surface area contributed by atoms with E-state index in [0.29, 0.717) is 25.3 Å². The summed E-state index contributed by atoms with van der Waals surface area (Å²) in [6, 6.07) is 17.9. The van der Waals surface area contributed by atoms with Crippen LogP contribution in [0.2, 0.25) is 0 Å². The van der Waals surface area contributed by atoms with Crippen molar-refractivity contribution in [3.63, 3.8) is 0 Å². The monoisotopic (exact) mass is 433 g/mol. The maximum Gasteiger partial charge on any atom is 0.246 e. The van der Waals surface area contributed by atoms with E-state index in [-0.39, 0.29) is 18.3 Å². The maximum absolute atomic E-state index is 14.1. The molecule has 0 saturated heterocycles. The first-order chi connectivity index (χ1) is 15.5. The SMILES string of the molecule is CN(C)CCN(Cc1ccccc1F)C(=O)/C=C/c1ccc(OCc2cccnc2)cc1. The van der Waals surface area contributed by atoms with E-state index >= 15 is 0 Å². The van der Waals surface area contributed by atoms with E-state index in [1.54, 1.807) is 41.6 Å². The van der Waals surface area contributed by atoms with Crippen LogP contribution < -0.4 is 4.74 Å². The molecule has 0 radical (unpaired) electrons. The van der Waals surface area contributed by atoms with Crippen LogP contribution in [-0.2, 0) is 17.9 Å². The molecule has 1 amide bonds. The van der Waals surface area contributed by atoms with Gasteiger partial charge in [0, 0.05) is 49.2 Å². The summed E-state index contributed by atoms with van der Waals surface area (Å²) in [7, 11) is 3.89. The van der Waals surface area contributed by atoms with Crippen molar-refractivity contribution >= 4 is 12.0 Å². The minimum absolute atomic E-state index is 0.160. The number of halogens is 1. The van der Waals surface area contributed by atoms with Gasteiger partial charge in [-0.3, -0.25) is 9.78 Å². The second kappa shape index (κ2) is 11.8. The Labute approximate surface area is 188 Å². The Kier molecular flexibility index (Phi) is 8.52. The van der Waals surface area contributed by atoms with Crippen LogP contribution in [-0.4, -0.2) is 47.9 Å². The van der Waals surface area contributed by atoms with Crippen LogP contribution in [0.25, 0.3) is 6.08 Å². The van der Waals surface area contributed by atoms with Gasteiger partial charge in [-0.15, -0.1) is 0 Å². The van der Waals surface area contributed by atoms with Crippen molar-refractivity contribution in [2.45, 2.75) is 13.2 Å². The first kappa shape index (κ1) is 23.2. The van der Waals surface area contributed by atoms with Crippen molar-refractivity contribution < 1.29 is 13.9 Å². The Morgan fingerprint density at radius 1 is 1.03 bits per heavy atom. The van der Waals surface area contributed by atoms with Gasteiger partial charge in [-0.25, -0.2) is 4.39 Å². The van der Waals surface area contributed by atoms with Crippen LogP contribution in [0, 0.1) is 5.82 Å². The zero-order valence-corrected chi connectivity index (χ0v) is 18.4. The second-order valence-electron chi connectivity index (χ2n) is 7.71. The average molecular weight is 434 g/mol. The fourth-order valence-corrected chi connectivity index (χ4v) is 3.02. The third kappa shape index (κ3) is 7.32. The third-order valence-corrected chi connectivity index (χ3v) is 4.87. The van der Waals surface area contributed by atoms with Crippen LogP contribution in [0.1, 0.15) is 16.7 Å². The quantitative estimate of drug-likeness (QED) is 0.445. The molecule has 0 unspecified atom stereocenters. The average Bonchev–Trinajstić information content (AvgIpc) is 2.81. The van der Waals surface area contributed by atoms with Gasteiger partial charge < -0.3 is 14.5 Å². The fourth-order valence-electron chi connectivity index (χ4n) is 3.02. The standard InChI is InChI=1S/C26H28FN3O2/c1-29(2)16-17-30(19-23-7-3-4-8-25(23)27)26(31)14-11-21-9-12-24(13-10-21)32-20-22-6-5-15-28-18-22/h3-15,18H,16-17,19-20H2,1-2H3/b14-11+. The number of nitrogens with zero attached hydrogens (tertiary/aromatic N) is 3. The lowest BCUT2D eigenvalue weighted by atomic mass is 10.1. The number of likely N-dealkylation sites (N-methyl/N-ethyl adjacent to an activating group) is 1. The Balaban J connectivity index is 1.61. The summed E-state index contributed by atoms with van der Waals surface area (Å²) in [6.07, 6.45) is 6.79. The van der Waals surface area contributed by atoms with Crippen molar-refractivity contribution in [3.05, 3.63) is 102 Å². The van der Waals surface area contributed by atoms with Gasteiger partial charge in [-0.2, -0.15) is 0 Å². The summed E-state index contributed by atoms with van der Waals surface area (Å²) in [4.78, 5) is 20.6. The van der Waals surface area contributed by atoms with Crippen LogP contribution in [0.3, 0.4) is 0 Å². The number of hydrogen-bond acceptors (Lipinski definition) is 4. The zero-order valence-electron chi connectivity index (χ0n) is 18.4. The molecule has 6 heteroatoms. The van der Waals surface area contributed by atoms with Gasteiger partial charge in [0.05, 0.1) is 0 Å². The van der Waals surface area contributed by atoms with Gasteiger partial charge >= 0.3 is 0 Å². The van der Waals surface area contributed by atoms with Gasteiger partial charge in [0.2, 0.25) is 5.91 Å². The van der Waals surface area contributed by atoms with Crippen LogP contribution >= 0.6 is 0 Å². The molecule has 0 bridgehead atoms. The van der Waals surface area contributed by atoms with Gasteiger partial charge in [0.15, 0.2) is 0 Å². The highest BCUT2D eigenvalue weighted by molar-refractivity contribution is 5.91. The third-order valence-electron chi connectivity index (χ3n) is 4.87. The van der Waals surface area contributed by atoms with Crippen LogP contribution in [0.15, 0.2) is 79.1 Å². The molecule has 0 atom stereocenters. The van der Waals surface area contributed by atoms with E-state index in [0.717, 1.165) is 16.9 Å². The van der Waals surface area contributed by atoms with Crippen LogP contribution in [0.4, 0.5) is 4.39 Å². The lowest BCUT2D eigenvalue weighted by molar-refractivity contribution is -0.126. The van der Waals surface area contributed by atoms with Gasteiger partial charge in [0.1, 0.15) is 18.2 Å². The number of carbonyl (C=O) groups is 1. The molecule has 166 valence electrons. The molecule has 1 heterocycles. The smallest absolute Gasteiger partial charge is 0.246 e.